The van der Waals surface area contributed by atoms with Gasteiger partial charge >= 0.3 is 0 Å². The molecule has 1 aromatic heterocycles. The smallest absolute Gasteiger partial charge is 0.252 e. The number of aromatic nitrogens is 2. The summed E-state index contributed by atoms with van der Waals surface area (Å²) in [5.74, 6) is 0.592. The van der Waals surface area contributed by atoms with Crippen molar-refractivity contribution >= 4 is 47.4 Å². The number of ether oxygens (including phenoxy) is 1. The number of nitrogens with zero attached hydrogens (tertiary/aromatic N) is 4. The van der Waals surface area contributed by atoms with Gasteiger partial charge in [0.1, 0.15) is 6.10 Å². The fourth-order valence-corrected chi connectivity index (χ4v) is 3.29. The van der Waals surface area contributed by atoms with E-state index in [9.17, 15) is 4.79 Å². The second-order valence-corrected chi connectivity index (χ2v) is 6.87. The highest BCUT2D eigenvalue weighted by Crippen LogP contribution is 2.21. The monoisotopic (exact) mass is 532 g/mol. The lowest BCUT2D eigenvalue weighted by molar-refractivity contribution is -0.00800. The molecule has 29 heavy (non-hydrogen) atoms. The number of amides is 1. The van der Waals surface area contributed by atoms with Gasteiger partial charge in [0.2, 0.25) is 0 Å². The van der Waals surface area contributed by atoms with Gasteiger partial charge in [-0.25, -0.2) is 0 Å². The lowest BCUT2D eigenvalue weighted by atomic mass is 10.1. The fourth-order valence-electron chi connectivity index (χ4n) is 3.07. The maximum absolute atomic E-state index is 12.2. The minimum atomic E-state index is -0.189. The number of carbonyl (C=O) groups is 1. The quantitative estimate of drug-likeness (QED) is 0.267. The summed E-state index contributed by atoms with van der Waals surface area (Å²) in [5.41, 5.74) is 1.52. The SMILES string of the molecule is CN=C(NCCNC(=O)c1ccccc1Cl)N1CCOC(c2cnn(C)c2)C1.I. The number of hydrogen-bond acceptors (Lipinski definition) is 4. The molecule has 0 bridgehead atoms. The average molecular weight is 533 g/mol. The van der Waals surface area contributed by atoms with Gasteiger partial charge in [-0.2, -0.15) is 5.10 Å². The molecule has 1 aliphatic heterocycles. The first-order valence-electron chi connectivity index (χ1n) is 9.17. The van der Waals surface area contributed by atoms with Gasteiger partial charge in [-0.05, 0) is 12.1 Å². The predicted octanol–water partition coefficient (Wildman–Crippen LogP) is 2.07. The van der Waals surface area contributed by atoms with Crippen molar-refractivity contribution < 1.29 is 9.53 Å². The van der Waals surface area contributed by atoms with Crippen LogP contribution in [0.15, 0.2) is 41.7 Å². The first-order chi connectivity index (χ1) is 13.6. The molecule has 1 aliphatic rings. The number of benzene rings is 1. The Morgan fingerprint density at radius 1 is 1.34 bits per heavy atom. The van der Waals surface area contributed by atoms with Crippen molar-refractivity contribution in [3.05, 3.63) is 52.8 Å². The van der Waals surface area contributed by atoms with Gasteiger partial charge in [-0.3, -0.25) is 14.5 Å². The van der Waals surface area contributed by atoms with Gasteiger partial charge in [0.25, 0.3) is 5.91 Å². The zero-order chi connectivity index (χ0) is 19.9. The number of aryl methyl sites for hydroxylation is 1. The Kier molecular flexibility index (Phi) is 9.18. The Morgan fingerprint density at radius 3 is 2.79 bits per heavy atom. The summed E-state index contributed by atoms with van der Waals surface area (Å²) >= 11 is 6.05. The molecule has 10 heteroatoms. The maximum Gasteiger partial charge on any atom is 0.252 e. The van der Waals surface area contributed by atoms with E-state index >= 15 is 0 Å². The number of guanidine groups is 1. The highest BCUT2D eigenvalue weighted by Gasteiger charge is 2.25. The van der Waals surface area contributed by atoms with Gasteiger partial charge < -0.3 is 20.3 Å². The average Bonchev–Trinajstić information content (AvgIpc) is 3.15. The molecule has 158 valence electrons. The summed E-state index contributed by atoms with van der Waals surface area (Å²) in [6, 6.07) is 6.99. The van der Waals surface area contributed by atoms with Gasteiger partial charge in [0, 0.05) is 45.5 Å². The van der Waals surface area contributed by atoms with E-state index in [2.05, 4.69) is 25.6 Å². The van der Waals surface area contributed by atoms with Gasteiger partial charge in [-0.1, -0.05) is 23.7 Å². The second-order valence-electron chi connectivity index (χ2n) is 6.46. The molecular formula is C19H26ClIN6O2. The summed E-state index contributed by atoms with van der Waals surface area (Å²) in [4.78, 5) is 18.7. The van der Waals surface area contributed by atoms with Crippen LogP contribution in [0.25, 0.3) is 0 Å². The third kappa shape index (κ3) is 6.31. The number of nitrogens with one attached hydrogen (secondary N) is 2. The second kappa shape index (κ2) is 11.4. The van der Waals surface area contributed by atoms with Crippen molar-refractivity contribution in [1.82, 2.24) is 25.3 Å². The van der Waals surface area contributed by atoms with E-state index in [0.29, 0.717) is 36.8 Å². The van der Waals surface area contributed by atoms with Crippen molar-refractivity contribution in [2.45, 2.75) is 6.10 Å². The van der Waals surface area contributed by atoms with Crippen LogP contribution in [0.5, 0.6) is 0 Å². The largest absolute Gasteiger partial charge is 0.370 e. The topological polar surface area (TPSA) is 83.8 Å². The van der Waals surface area contributed by atoms with E-state index < -0.39 is 0 Å². The Morgan fingerprint density at radius 2 is 2.10 bits per heavy atom. The van der Waals surface area contributed by atoms with Crippen molar-refractivity contribution in [3.63, 3.8) is 0 Å². The molecule has 1 aromatic carbocycles. The van der Waals surface area contributed by atoms with Crippen LogP contribution in [0.4, 0.5) is 0 Å². The number of morpholine rings is 1. The molecule has 0 saturated carbocycles. The molecule has 0 spiro atoms. The van der Waals surface area contributed by atoms with Crippen LogP contribution in [0.3, 0.4) is 0 Å². The van der Waals surface area contributed by atoms with E-state index in [1.807, 2.05) is 19.4 Å². The summed E-state index contributed by atoms with van der Waals surface area (Å²) in [6.07, 6.45) is 3.75. The molecule has 1 saturated heterocycles. The molecule has 2 heterocycles. The zero-order valence-electron chi connectivity index (χ0n) is 16.5. The summed E-state index contributed by atoms with van der Waals surface area (Å²) < 4.78 is 7.64. The first-order valence-corrected chi connectivity index (χ1v) is 9.54. The van der Waals surface area contributed by atoms with Crippen LogP contribution in [0.1, 0.15) is 22.0 Å². The first kappa shape index (κ1) is 23.4. The van der Waals surface area contributed by atoms with E-state index in [0.717, 1.165) is 18.1 Å². The van der Waals surface area contributed by atoms with Crippen molar-refractivity contribution in [2.75, 3.05) is 39.8 Å². The Balaban J connectivity index is 0.00000300. The summed E-state index contributed by atoms with van der Waals surface area (Å²) in [6.45, 7) is 3.07. The molecule has 2 N–H and O–H groups in total. The minimum absolute atomic E-state index is 0. The molecular weight excluding hydrogens is 507 g/mol. The van der Waals surface area contributed by atoms with Crippen LogP contribution >= 0.6 is 35.6 Å². The predicted molar refractivity (Wildman–Crippen MR) is 124 cm³/mol. The molecule has 1 amide bonds. The molecule has 1 unspecified atom stereocenters. The molecule has 0 radical (unpaired) electrons. The fraction of sp³-hybridized carbons (Fsp3) is 0.421. The van der Waals surface area contributed by atoms with E-state index in [1.165, 1.54) is 0 Å². The highest BCUT2D eigenvalue weighted by atomic mass is 127. The Hall–Kier alpha value is -1.85. The molecule has 8 nitrogen and oxygen atoms in total. The third-order valence-corrected chi connectivity index (χ3v) is 4.82. The number of hydrogen-bond donors (Lipinski definition) is 2. The van der Waals surface area contributed by atoms with Gasteiger partial charge in [0.15, 0.2) is 5.96 Å². The van der Waals surface area contributed by atoms with Crippen LogP contribution in [0.2, 0.25) is 5.02 Å². The van der Waals surface area contributed by atoms with Gasteiger partial charge in [-0.15, -0.1) is 24.0 Å². The molecule has 3 rings (SSSR count). The van der Waals surface area contributed by atoms with Crippen LogP contribution < -0.4 is 10.6 Å². The van der Waals surface area contributed by atoms with Gasteiger partial charge in [0.05, 0.1) is 29.9 Å². The standard InChI is InChI=1S/C19H25ClN6O2.HI/c1-21-19(23-8-7-22-18(27)15-5-3-4-6-16(15)20)26-9-10-28-17(13-26)14-11-24-25(2)12-14;/h3-6,11-12,17H,7-10,13H2,1-2H3,(H,21,23)(H,22,27);1H. The lowest BCUT2D eigenvalue weighted by Gasteiger charge is -2.34. The van der Waals surface area contributed by atoms with E-state index in [4.69, 9.17) is 16.3 Å². The summed E-state index contributed by atoms with van der Waals surface area (Å²) in [7, 11) is 3.64. The molecule has 1 atom stereocenters. The molecule has 1 fully saturated rings. The van der Waals surface area contributed by atoms with Crippen molar-refractivity contribution in [2.24, 2.45) is 12.0 Å². The highest BCUT2D eigenvalue weighted by molar-refractivity contribution is 14.0. The third-order valence-electron chi connectivity index (χ3n) is 4.49. The zero-order valence-corrected chi connectivity index (χ0v) is 19.6. The Bertz CT molecular complexity index is 844. The number of rotatable bonds is 5. The van der Waals surface area contributed by atoms with Crippen LogP contribution in [-0.4, -0.2) is 66.4 Å². The van der Waals surface area contributed by atoms with E-state index in [-0.39, 0.29) is 36.0 Å². The number of aliphatic imine (C=N–C) groups is 1. The lowest BCUT2D eigenvalue weighted by Crippen LogP contribution is -2.49. The molecule has 0 aliphatic carbocycles. The summed E-state index contributed by atoms with van der Waals surface area (Å²) in [5, 5.41) is 10.8. The number of halogens is 2. The number of carbonyl (C=O) groups excluding carboxylic acids is 1. The minimum Gasteiger partial charge on any atom is -0.370 e. The van der Waals surface area contributed by atoms with Crippen LogP contribution in [-0.2, 0) is 11.8 Å². The van der Waals surface area contributed by atoms with Crippen molar-refractivity contribution in [3.8, 4) is 0 Å². The Labute approximate surface area is 192 Å². The molecule has 2 aromatic rings. The van der Waals surface area contributed by atoms with Crippen LogP contribution in [0, 0.1) is 0 Å². The maximum atomic E-state index is 12.2. The normalized spacial score (nSPS) is 16.9. The van der Waals surface area contributed by atoms with E-state index in [1.54, 1.807) is 36.0 Å². The van der Waals surface area contributed by atoms with Crippen molar-refractivity contribution in [1.29, 1.82) is 0 Å².